The minimum Gasteiger partial charge on any atom is -0.460 e. The molecule has 1 aromatic carbocycles. The first-order chi connectivity index (χ1) is 8.80. The molecule has 0 atom stereocenters. The number of esters is 2. The van der Waals surface area contributed by atoms with Crippen LogP contribution in [0.1, 0.15) is 10.4 Å². The predicted molar refractivity (Wildman–Crippen MR) is 81.6 cm³/mol. The van der Waals surface area contributed by atoms with Gasteiger partial charge in [0, 0.05) is 5.69 Å². The normalized spacial score (nSPS) is 10.9. The zero-order valence-electron chi connectivity index (χ0n) is 9.57. The molecule has 5 nitrogen and oxygen atoms in total. The summed E-state index contributed by atoms with van der Waals surface area (Å²) >= 11 is 9.02. The lowest BCUT2D eigenvalue weighted by Crippen LogP contribution is -2.22. The Balaban J connectivity index is 2.32. The number of halogens is 3. The average molecular weight is 460 g/mol. The number of ether oxygens (including phenoxy) is 2. The van der Waals surface area contributed by atoms with E-state index in [0.717, 1.165) is 0 Å². The van der Waals surface area contributed by atoms with Crippen LogP contribution in [0.25, 0.3) is 0 Å². The Hall–Kier alpha value is -0.600. The summed E-state index contributed by atoms with van der Waals surface area (Å²) in [7, 11) is 0. The summed E-state index contributed by atoms with van der Waals surface area (Å²) in [5.41, 5.74) is 6.45. The Morgan fingerprint density at radius 1 is 1.05 bits per heavy atom. The lowest BCUT2D eigenvalue weighted by atomic mass is 10.2. The fraction of sp³-hybridized carbons (Fsp3) is 0.273. The molecule has 0 unspecified atom stereocenters. The SMILES string of the molecule is Nc1ccc(C(=O)OCCOC(=O)C(Br)(Br)Br)cc1. The number of anilines is 1. The van der Waals surface area contributed by atoms with E-state index in [-0.39, 0.29) is 13.2 Å². The molecule has 0 aromatic heterocycles. The van der Waals surface area contributed by atoms with E-state index >= 15 is 0 Å². The summed E-state index contributed by atoms with van der Waals surface area (Å²) in [6, 6.07) is 6.32. The van der Waals surface area contributed by atoms with Crippen LogP contribution in [0.15, 0.2) is 24.3 Å². The van der Waals surface area contributed by atoms with Gasteiger partial charge in [-0.05, 0) is 72.1 Å². The molecule has 0 aliphatic rings. The molecule has 0 saturated heterocycles. The monoisotopic (exact) mass is 457 g/mol. The molecule has 19 heavy (non-hydrogen) atoms. The smallest absolute Gasteiger partial charge is 0.345 e. The fourth-order valence-corrected chi connectivity index (χ4v) is 1.40. The number of nitrogen functional groups attached to an aromatic ring is 1. The minimum absolute atomic E-state index is 0.0297. The highest BCUT2D eigenvalue weighted by Gasteiger charge is 2.30. The van der Waals surface area contributed by atoms with Gasteiger partial charge >= 0.3 is 11.9 Å². The van der Waals surface area contributed by atoms with Crippen molar-refractivity contribution in [3.63, 3.8) is 0 Å². The van der Waals surface area contributed by atoms with Crippen LogP contribution in [0, 0.1) is 0 Å². The van der Waals surface area contributed by atoms with Gasteiger partial charge in [0.1, 0.15) is 13.2 Å². The highest BCUT2D eigenvalue weighted by molar-refractivity contribution is 9.40. The van der Waals surface area contributed by atoms with Crippen LogP contribution in [-0.2, 0) is 14.3 Å². The Kier molecular flexibility index (Phi) is 6.28. The largest absolute Gasteiger partial charge is 0.460 e. The van der Waals surface area contributed by atoms with Gasteiger partial charge in [0.15, 0.2) is 0 Å². The average Bonchev–Trinajstić information content (AvgIpc) is 2.33. The first-order valence-corrected chi connectivity index (χ1v) is 7.45. The van der Waals surface area contributed by atoms with Gasteiger partial charge in [0.2, 0.25) is 2.14 Å². The number of hydrogen-bond donors (Lipinski definition) is 1. The summed E-state index contributed by atoms with van der Waals surface area (Å²) in [5.74, 6) is -1.07. The maximum atomic E-state index is 11.6. The molecule has 2 N–H and O–H groups in total. The van der Waals surface area contributed by atoms with E-state index in [1.165, 1.54) is 0 Å². The Bertz CT molecular complexity index is 456. The van der Waals surface area contributed by atoms with Crippen LogP contribution < -0.4 is 5.73 Å². The topological polar surface area (TPSA) is 78.6 Å². The summed E-state index contributed by atoms with van der Waals surface area (Å²) < 4.78 is 8.65. The predicted octanol–water partition coefficient (Wildman–Crippen LogP) is 2.81. The number of hydrogen-bond acceptors (Lipinski definition) is 5. The second-order valence-electron chi connectivity index (χ2n) is 3.39. The van der Waals surface area contributed by atoms with E-state index in [9.17, 15) is 9.59 Å². The van der Waals surface area contributed by atoms with Gasteiger partial charge in [0.25, 0.3) is 0 Å². The molecule has 8 heteroatoms. The Labute approximate surface area is 135 Å². The summed E-state index contributed by atoms with van der Waals surface area (Å²) in [6.07, 6.45) is 0. The number of benzene rings is 1. The van der Waals surface area contributed by atoms with Gasteiger partial charge in [-0.25, -0.2) is 9.59 Å². The molecule has 0 aliphatic carbocycles. The van der Waals surface area contributed by atoms with Crippen molar-refractivity contribution in [3.8, 4) is 0 Å². The third-order valence-electron chi connectivity index (χ3n) is 1.93. The lowest BCUT2D eigenvalue weighted by molar-refractivity contribution is -0.142. The first kappa shape index (κ1) is 16.5. The quantitative estimate of drug-likeness (QED) is 0.324. The second-order valence-corrected chi connectivity index (χ2v) is 10.2. The summed E-state index contributed by atoms with van der Waals surface area (Å²) in [6.45, 7) is -0.0673. The van der Waals surface area contributed by atoms with Crippen LogP contribution in [0.2, 0.25) is 0 Å². The van der Waals surface area contributed by atoms with Crippen LogP contribution >= 0.6 is 47.8 Å². The van der Waals surface area contributed by atoms with Crippen molar-refractivity contribution in [2.24, 2.45) is 0 Å². The molecular weight excluding hydrogens is 450 g/mol. The number of nitrogens with two attached hydrogens (primary N) is 1. The van der Waals surface area contributed by atoms with Crippen molar-refractivity contribution in [1.29, 1.82) is 0 Å². The number of carbonyl (C=O) groups is 2. The zero-order chi connectivity index (χ0) is 14.5. The Morgan fingerprint density at radius 2 is 1.58 bits per heavy atom. The molecule has 1 rings (SSSR count). The third-order valence-corrected chi connectivity index (χ3v) is 2.90. The Morgan fingerprint density at radius 3 is 2.11 bits per heavy atom. The van der Waals surface area contributed by atoms with Crippen molar-refractivity contribution in [3.05, 3.63) is 29.8 Å². The number of carbonyl (C=O) groups excluding carboxylic acids is 2. The van der Waals surface area contributed by atoms with E-state index in [1.807, 2.05) is 0 Å². The van der Waals surface area contributed by atoms with Crippen molar-refractivity contribution in [2.75, 3.05) is 18.9 Å². The van der Waals surface area contributed by atoms with Crippen LogP contribution in [0.4, 0.5) is 5.69 Å². The van der Waals surface area contributed by atoms with Gasteiger partial charge in [-0.3, -0.25) is 0 Å². The van der Waals surface area contributed by atoms with Gasteiger partial charge in [-0.15, -0.1) is 0 Å². The van der Waals surface area contributed by atoms with Crippen LogP contribution in [-0.4, -0.2) is 27.3 Å². The van der Waals surface area contributed by atoms with Gasteiger partial charge < -0.3 is 15.2 Å². The minimum atomic E-state index is -1.12. The van der Waals surface area contributed by atoms with Gasteiger partial charge in [0.05, 0.1) is 5.56 Å². The zero-order valence-corrected chi connectivity index (χ0v) is 14.3. The second kappa shape index (κ2) is 7.25. The maximum absolute atomic E-state index is 11.6. The van der Waals surface area contributed by atoms with Crippen molar-refractivity contribution in [2.45, 2.75) is 2.14 Å². The number of alkyl halides is 3. The molecular formula is C11H10Br3NO4. The molecule has 0 spiro atoms. The number of rotatable bonds is 4. The van der Waals surface area contributed by atoms with E-state index in [1.54, 1.807) is 24.3 Å². The highest BCUT2D eigenvalue weighted by Crippen LogP contribution is 2.34. The fourth-order valence-electron chi connectivity index (χ4n) is 1.05. The molecule has 0 saturated carbocycles. The van der Waals surface area contributed by atoms with Gasteiger partial charge in [-0.1, -0.05) is 0 Å². The van der Waals surface area contributed by atoms with Crippen molar-refractivity contribution < 1.29 is 19.1 Å². The van der Waals surface area contributed by atoms with Gasteiger partial charge in [-0.2, -0.15) is 0 Å². The van der Waals surface area contributed by atoms with E-state index < -0.39 is 14.1 Å². The molecule has 0 radical (unpaired) electrons. The molecule has 0 amide bonds. The summed E-state index contributed by atoms with van der Waals surface area (Å²) in [4.78, 5) is 22.9. The lowest BCUT2D eigenvalue weighted by Gasteiger charge is -2.11. The van der Waals surface area contributed by atoms with Crippen molar-refractivity contribution in [1.82, 2.24) is 0 Å². The van der Waals surface area contributed by atoms with E-state index in [0.29, 0.717) is 11.3 Å². The summed E-state index contributed by atoms with van der Waals surface area (Å²) in [5, 5.41) is 0. The van der Waals surface area contributed by atoms with Crippen LogP contribution in [0.3, 0.4) is 0 Å². The highest BCUT2D eigenvalue weighted by atomic mass is 80.0. The molecule has 0 heterocycles. The third kappa shape index (κ3) is 5.92. The maximum Gasteiger partial charge on any atom is 0.345 e. The van der Waals surface area contributed by atoms with Crippen LogP contribution in [0.5, 0.6) is 0 Å². The molecule has 1 aromatic rings. The molecule has 104 valence electrons. The molecule has 0 bridgehead atoms. The van der Waals surface area contributed by atoms with E-state index in [4.69, 9.17) is 15.2 Å². The van der Waals surface area contributed by atoms with E-state index in [2.05, 4.69) is 47.8 Å². The van der Waals surface area contributed by atoms with Crippen molar-refractivity contribution >= 4 is 65.4 Å². The molecule has 0 fully saturated rings. The standard InChI is InChI=1S/C11H10Br3NO4/c12-11(13,14)10(17)19-6-5-18-9(16)7-1-3-8(15)4-2-7/h1-4H,5-6,15H2. The first-order valence-electron chi connectivity index (χ1n) is 5.07. The molecule has 0 aliphatic heterocycles.